The molecule has 12 nitrogen and oxygen atoms in total. The molecule has 0 amide bonds. The molecule has 0 fully saturated rings. The lowest BCUT2D eigenvalue weighted by molar-refractivity contribution is -0.387. The van der Waals surface area contributed by atoms with Gasteiger partial charge in [-0.15, -0.1) is 0 Å². The largest absolute Gasteiger partial charge is 0.496 e. The number of aromatic amines is 1. The Kier molecular flexibility index (Phi) is 9.09. The molecule has 1 atom stereocenters. The average Bonchev–Trinajstić information content (AvgIpc) is 3.25. The van der Waals surface area contributed by atoms with Crippen LogP contribution in [0, 0.1) is 17.0 Å². The van der Waals surface area contributed by atoms with Crippen LogP contribution in [0.2, 0.25) is 5.02 Å². The first-order valence-electron chi connectivity index (χ1n) is 13.5. The highest BCUT2D eigenvalue weighted by atomic mass is 35.5. The number of rotatable bonds is 8. The number of allylic oxidation sites excluding steroid dienone is 1. The molecule has 0 spiro atoms. The van der Waals surface area contributed by atoms with Crippen LogP contribution < -0.4 is 25.2 Å². The number of nitrogens with one attached hydrogen (secondary N) is 1. The molecule has 1 N–H and O–H groups in total. The van der Waals surface area contributed by atoms with Crippen molar-refractivity contribution < 1.29 is 19.2 Å². The van der Waals surface area contributed by atoms with Crippen LogP contribution in [-0.4, -0.2) is 38.6 Å². The van der Waals surface area contributed by atoms with Crippen LogP contribution in [-0.2, 0) is 9.53 Å². The number of halogens is 1. The number of carbonyl (C=O) groups excluding carboxylic acids is 1. The molecule has 45 heavy (non-hydrogen) atoms. The van der Waals surface area contributed by atoms with Gasteiger partial charge in [-0.2, -0.15) is 0 Å². The molecule has 0 aliphatic carbocycles. The Hall–Kier alpha value is -4.53. The number of methoxy groups -OCH3 is 1. The van der Waals surface area contributed by atoms with Gasteiger partial charge >= 0.3 is 5.97 Å². The Morgan fingerprint density at radius 1 is 1.20 bits per heavy atom. The quantitative estimate of drug-likeness (QED) is 0.125. The lowest BCUT2D eigenvalue weighted by atomic mass is 9.95. The van der Waals surface area contributed by atoms with Crippen molar-refractivity contribution in [2.45, 2.75) is 49.9 Å². The van der Waals surface area contributed by atoms with Gasteiger partial charge in [0.25, 0.3) is 16.8 Å². The van der Waals surface area contributed by atoms with E-state index in [1.54, 1.807) is 52.0 Å². The van der Waals surface area contributed by atoms with Gasteiger partial charge in [0.2, 0.25) is 0 Å². The summed E-state index contributed by atoms with van der Waals surface area (Å²) >= 11 is 8.38. The van der Waals surface area contributed by atoms with Crippen molar-refractivity contribution in [1.29, 1.82) is 0 Å². The second-order valence-electron chi connectivity index (χ2n) is 10.2. The van der Waals surface area contributed by atoms with Crippen molar-refractivity contribution in [2.75, 3.05) is 7.11 Å². The molecule has 0 saturated carbocycles. The number of fused-ring (bicyclic) bond motifs is 1. The first kappa shape index (κ1) is 31.9. The number of nitro groups is 1. The van der Waals surface area contributed by atoms with Crippen LogP contribution in [0.25, 0.3) is 6.08 Å². The number of hydrogen-bond donors (Lipinski definition) is 1. The van der Waals surface area contributed by atoms with Crippen molar-refractivity contribution in [3.05, 3.63) is 116 Å². The zero-order valence-corrected chi connectivity index (χ0v) is 27.0. The highest BCUT2D eigenvalue weighted by Crippen LogP contribution is 2.38. The molecule has 5 rings (SSSR count). The molecule has 3 heterocycles. The van der Waals surface area contributed by atoms with Crippen molar-refractivity contribution in [3.8, 4) is 5.75 Å². The zero-order valence-electron chi connectivity index (χ0n) is 24.6. The fourth-order valence-electron chi connectivity index (χ4n) is 4.78. The zero-order chi connectivity index (χ0) is 32.6. The number of esters is 1. The number of thiazole rings is 1. The minimum absolute atomic E-state index is 0.156. The summed E-state index contributed by atoms with van der Waals surface area (Å²) in [7, 11) is 1.47. The predicted molar refractivity (Wildman–Crippen MR) is 170 cm³/mol. The van der Waals surface area contributed by atoms with Gasteiger partial charge < -0.3 is 14.5 Å². The highest BCUT2D eigenvalue weighted by molar-refractivity contribution is 7.99. The van der Waals surface area contributed by atoms with Gasteiger partial charge in [-0.05, 0) is 75.4 Å². The number of aromatic nitrogens is 3. The predicted octanol–water partition coefficient (Wildman–Crippen LogP) is 4.30. The summed E-state index contributed by atoms with van der Waals surface area (Å²) in [6, 6.07) is 9.74. The summed E-state index contributed by atoms with van der Waals surface area (Å²) in [5.41, 5.74) is 0.752. The van der Waals surface area contributed by atoms with Crippen molar-refractivity contribution in [1.82, 2.24) is 14.5 Å². The number of nitrogens with zero attached hydrogens (tertiary/aromatic N) is 4. The molecule has 4 aromatic rings. The minimum atomic E-state index is -0.972. The van der Waals surface area contributed by atoms with Crippen LogP contribution in [0.3, 0.4) is 0 Å². The second-order valence-corrected chi connectivity index (χ2v) is 12.7. The maximum atomic E-state index is 14.0. The molecule has 1 aliphatic rings. The van der Waals surface area contributed by atoms with Gasteiger partial charge in [0, 0.05) is 28.4 Å². The van der Waals surface area contributed by atoms with Gasteiger partial charge in [-0.25, -0.2) is 14.8 Å². The van der Waals surface area contributed by atoms with E-state index in [9.17, 15) is 24.5 Å². The van der Waals surface area contributed by atoms with Gasteiger partial charge in [-0.1, -0.05) is 29.0 Å². The second kappa shape index (κ2) is 12.8. The summed E-state index contributed by atoms with van der Waals surface area (Å²) < 4.78 is 12.7. The van der Waals surface area contributed by atoms with E-state index in [4.69, 9.17) is 21.1 Å². The summed E-state index contributed by atoms with van der Waals surface area (Å²) in [6.45, 7) is 6.75. The molecule has 2 aromatic carbocycles. The van der Waals surface area contributed by atoms with Gasteiger partial charge in [0.05, 0.1) is 38.8 Å². The summed E-state index contributed by atoms with van der Waals surface area (Å²) in [5.74, 6) is -0.239. The Morgan fingerprint density at radius 3 is 2.62 bits per heavy atom. The van der Waals surface area contributed by atoms with Crippen LogP contribution in [0.1, 0.15) is 43.6 Å². The van der Waals surface area contributed by atoms with E-state index < -0.39 is 28.6 Å². The van der Waals surface area contributed by atoms with Crippen molar-refractivity contribution in [2.24, 2.45) is 4.99 Å². The van der Waals surface area contributed by atoms with E-state index in [0.717, 1.165) is 23.1 Å². The number of hydrogen-bond acceptors (Lipinski definition) is 11. The molecule has 2 aromatic heterocycles. The third kappa shape index (κ3) is 6.62. The summed E-state index contributed by atoms with van der Waals surface area (Å²) in [5, 5.41) is 12.6. The Balaban J connectivity index is 1.66. The van der Waals surface area contributed by atoms with E-state index in [0.29, 0.717) is 38.1 Å². The number of ether oxygens (including phenoxy) is 2. The van der Waals surface area contributed by atoms with Gasteiger partial charge in [0.15, 0.2) is 9.96 Å². The van der Waals surface area contributed by atoms with Crippen molar-refractivity contribution >= 4 is 52.4 Å². The third-order valence-corrected chi connectivity index (χ3v) is 8.77. The summed E-state index contributed by atoms with van der Waals surface area (Å²) in [4.78, 5) is 62.7. The standard InChI is InChI=1S/C30H26ClN5O7S2/c1-14(2)43-28(39)25-16(4)33-30-35(26(25)19-13-18(31)7-8-21(19)42-5)27(38)23(45-30)12-17-6-9-22(20(11-17)36(40)41)44-29-32-15(3)10-24(37)34-29/h6-14,26H,1-5H3,(H,32,34,37)/b23-12-/t26-/m0/s1. The average molecular weight is 668 g/mol. The van der Waals surface area contributed by atoms with Gasteiger partial charge in [-0.3, -0.25) is 24.3 Å². The van der Waals surface area contributed by atoms with Crippen molar-refractivity contribution in [3.63, 3.8) is 0 Å². The molecule has 0 radical (unpaired) electrons. The van der Waals surface area contributed by atoms with Gasteiger partial charge in [0.1, 0.15) is 11.8 Å². The summed E-state index contributed by atoms with van der Waals surface area (Å²) in [6.07, 6.45) is 1.10. The molecule has 15 heteroatoms. The van der Waals surface area contributed by atoms with Crippen LogP contribution in [0.5, 0.6) is 5.75 Å². The highest BCUT2D eigenvalue weighted by Gasteiger charge is 2.35. The molecule has 0 bridgehead atoms. The van der Waals surface area contributed by atoms with E-state index in [1.165, 1.54) is 36.0 Å². The molecular formula is C30H26ClN5O7S2. The Bertz CT molecular complexity index is 2140. The van der Waals surface area contributed by atoms with Crippen LogP contribution in [0.4, 0.5) is 5.69 Å². The lowest BCUT2D eigenvalue weighted by Gasteiger charge is -2.26. The molecule has 1 aliphatic heterocycles. The number of aryl methyl sites for hydroxylation is 1. The molecule has 0 unspecified atom stereocenters. The minimum Gasteiger partial charge on any atom is -0.496 e. The Morgan fingerprint density at radius 2 is 1.96 bits per heavy atom. The lowest BCUT2D eigenvalue weighted by Crippen LogP contribution is -2.40. The van der Waals surface area contributed by atoms with E-state index in [-0.39, 0.29) is 31.4 Å². The van der Waals surface area contributed by atoms with Crippen LogP contribution >= 0.6 is 34.7 Å². The van der Waals surface area contributed by atoms with E-state index >= 15 is 0 Å². The third-order valence-electron chi connectivity index (χ3n) is 6.60. The van der Waals surface area contributed by atoms with E-state index in [1.807, 2.05) is 0 Å². The first-order valence-corrected chi connectivity index (χ1v) is 15.5. The normalized spacial score (nSPS) is 14.7. The molecule has 0 saturated heterocycles. The molecule has 232 valence electrons. The number of carbonyl (C=O) groups is 1. The fourth-order valence-corrected chi connectivity index (χ4v) is 6.93. The number of H-pyrrole nitrogens is 1. The topological polar surface area (TPSA) is 159 Å². The smallest absolute Gasteiger partial charge is 0.338 e. The number of nitro benzene ring substituents is 1. The number of benzene rings is 2. The maximum Gasteiger partial charge on any atom is 0.338 e. The van der Waals surface area contributed by atoms with Crippen LogP contribution in [0.15, 0.2) is 78.4 Å². The Labute approximate surface area is 268 Å². The first-order chi connectivity index (χ1) is 21.4. The monoisotopic (exact) mass is 667 g/mol. The fraction of sp³-hybridized carbons (Fsp3) is 0.233. The molecular weight excluding hydrogens is 642 g/mol. The maximum absolute atomic E-state index is 14.0. The SMILES string of the molecule is COc1ccc(Cl)cc1[C@H]1C(C(=O)OC(C)C)=C(C)N=c2s/c(=C\c3ccc(Sc4nc(C)cc(=O)[nH]4)c([N+](=O)[O-])c3)c(=O)n21. The van der Waals surface area contributed by atoms with E-state index in [2.05, 4.69) is 15.0 Å².